The van der Waals surface area contributed by atoms with Crippen LogP contribution in [0.1, 0.15) is 22.3 Å². The summed E-state index contributed by atoms with van der Waals surface area (Å²) in [5.74, 6) is 0.833. The van der Waals surface area contributed by atoms with Crippen LogP contribution < -0.4 is 10.5 Å². The third-order valence-electron chi connectivity index (χ3n) is 3.04. The van der Waals surface area contributed by atoms with E-state index < -0.39 is 0 Å². The molecule has 0 radical (unpaired) electrons. The molecule has 0 saturated heterocycles. The molecule has 2 aromatic rings. The average molecular weight is 257 g/mol. The van der Waals surface area contributed by atoms with Crippen LogP contribution in [0.2, 0.25) is 0 Å². The van der Waals surface area contributed by atoms with Crippen molar-refractivity contribution in [1.29, 1.82) is 0 Å². The van der Waals surface area contributed by atoms with E-state index in [0.717, 1.165) is 22.4 Å². The summed E-state index contributed by atoms with van der Waals surface area (Å²) in [5.41, 5.74) is 9.89. The first-order valence-corrected chi connectivity index (χ1v) is 6.34. The van der Waals surface area contributed by atoms with Crippen LogP contribution in [0, 0.1) is 6.92 Å². The second-order valence-electron chi connectivity index (χ2n) is 4.58. The molecule has 0 bridgehead atoms. The second-order valence-corrected chi connectivity index (χ2v) is 4.58. The lowest BCUT2D eigenvalue weighted by atomic mass is 10.1. The highest BCUT2D eigenvalue weighted by Crippen LogP contribution is 2.20. The van der Waals surface area contributed by atoms with Crippen molar-refractivity contribution in [1.82, 2.24) is 0 Å². The molecular weight excluding hydrogens is 238 g/mol. The fourth-order valence-corrected chi connectivity index (χ4v) is 1.91. The van der Waals surface area contributed by atoms with Gasteiger partial charge >= 0.3 is 0 Å². The molecule has 0 spiro atoms. The van der Waals surface area contributed by atoms with Gasteiger partial charge in [0.15, 0.2) is 0 Å². The Kier molecular flexibility index (Phi) is 4.55. The van der Waals surface area contributed by atoms with E-state index in [0.29, 0.717) is 13.2 Å². The SMILES string of the molecule is Cc1ccc(OCc2ccc(CO)cc2)c(CN)c1. The summed E-state index contributed by atoms with van der Waals surface area (Å²) in [5, 5.41) is 8.99. The van der Waals surface area contributed by atoms with Crippen LogP contribution in [-0.2, 0) is 19.8 Å². The molecule has 0 saturated carbocycles. The van der Waals surface area contributed by atoms with Crippen molar-refractivity contribution < 1.29 is 9.84 Å². The number of hydrogen-bond donors (Lipinski definition) is 2. The molecular formula is C16H19NO2. The molecule has 0 aromatic heterocycles. The van der Waals surface area contributed by atoms with Gasteiger partial charge in [-0.2, -0.15) is 0 Å². The Morgan fingerprint density at radius 3 is 2.37 bits per heavy atom. The molecule has 2 aromatic carbocycles. The van der Waals surface area contributed by atoms with E-state index in [2.05, 4.69) is 0 Å². The average Bonchev–Trinajstić information content (AvgIpc) is 2.46. The van der Waals surface area contributed by atoms with E-state index in [-0.39, 0.29) is 6.61 Å². The molecule has 0 amide bonds. The van der Waals surface area contributed by atoms with Crippen molar-refractivity contribution in [2.24, 2.45) is 5.73 Å². The highest BCUT2D eigenvalue weighted by atomic mass is 16.5. The Labute approximate surface area is 113 Å². The van der Waals surface area contributed by atoms with Gasteiger partial charge in [0.1, 0.15) is 12.4 Å². The normalized spacial score (nSPS) is 10.5. The molecule has 0 fully saturated rings. The Morgan fingerprint density at radius 2 is 1.74 bits per heavy atom. The van der Waals surface area contributed by atoms with Gasteiger partial charge in [0.25, 0.3) is 0 Å². The number of aliphatic hydroxyl groups excluding tert-OH is 1. The first-order chi connectivity index (χ1) is 9.22. The third-order valence-corrected chi connectivity index (χ3v) is 3.04. The summed E-state index contributed by atoms with van der Waals surface area (Å²) >= 11 is 0. The highest BCUT2D eigenvalue weighted by molar-refractivity contribution is 5.37. The zero-order valence-electron chi connectivity index (χ0n) is 11.1. The zero-order chi connectivity index (χ0) is 13.7. The van der Waals surface area contributed by atoms with E-state index >= 15 is 0 Å². The van der Waals surface area contributed by atoms with Gasteiger partial charge in [0.05, 0.1) is 6.61 Å². The number of nitrogens with two attached hydrogens (primary N) is 1. The molecule has 19 heavy (non-hydrogen) atoms. The molecule has 3 N–H and O–H groups in total. The van der Waals surface area contributed by atoms with Gasteiger partial charge in [-0.15, -0.1) is 0 Å². The van der Waals surface area contributed by atoms with Gasteiger partial charge in [-0.05, 0) is 24.1 Å². The van der Waals surface area contributed by atoms with Gasteiger partial charge in [0, 0.05) is 12.1 Å². The van der Waals surface area contributed by atoms with E-state index in [1.54, 1.807) is 0 Å². The fourth-order valence-electron chi connectivity index (χ4n) is 1.91. The van der Waals surface area contributed by atoms with Crippen molar-refractivity contribution >= 4 is 0 Å². The largest absolute Gasteiger partial charge is 0.489 e. The van der Waals surface area contributed by atoms with Gasteiger partial charge in [-0.1, -0.05) is 42.0 Å². The molecule has 0 aliphatic carbocycles. The molecule has 2 rings (SSSR count). The van der Waals surface area contributed by atoms with Crippen LogP contribution in [0.15, 0.2) is 42.5 Å². The lowest BCUT2D eigenvalue weighted by molar-refractivity contribution is 0.281. The van der Waals surface area contributed by atoms with Crippen LogP contribution >= 0.6 is 0 Å². The fraction of sp³-hybridized carbons (Fsp3) is 0.250. The first-order valence-electron chi connectivity index (χ1n) is 6.34. The predicted molar refractivity (Wildman–Crippen MR) is 75.8 cm³/mol. The van der Waals surface area contributed by atoms with Gasteiger partial charge in [0.2, 0.25) is 0 Å². The Morgan fingerprint density at radius 1 is 1.05 bits per heavy atom. The Hall–Kier alpha value is -1.84. The van der Waals surface area contributed by atoms with Crippen molar-refractivity contribution in [2.75, 3.05) is 0 Å². The minimum atomic E-state index is 0.0659. The predicted octanol–water partition coefficient (Wildman–Crippen LogP) is 2.53. The van der Waals surface area contributed by atoms with Crippen molar-refractivity contribution in [2.45, 2.75) is 26.7 Å². The van der Waals surface area contributed by atoms with E-state index in [1.807, 2.05) is 49.4 Å². The maximum absolute atomic E-state index is 8.99. The number of rotatable bonds is 5. The van der Waals surface area contributed by atoms with Crippen LogP contribution in [0.25, 0.3) is 0 Å². The van der Waals surface area contributed by atoms with Crippen LogP contribution in [0.4, 0.5) is 0 Å². The van der Waals surface area contributed by atoms with E-state index in [1.165, 1.54) is 5.56 Å². The molecule has 0 heterocycles. The molecule has 100 valence electrons. The quantitative estimate of drug-likeness (QED) is 0.865. The van der Waals surface area contributed by atoms with Gasteiger partial charge in [-0.25, -0.2) is 0 Å². The standard InChI is InChI=1S/C16H19NO2/c1-12-2-7-16(15(8-12)9-17)19-11-14-5-3-13(10-18)4-6-14/h2-8,18H,9-11,17H2,1H3. The summed E-state index contributed by atoms with van der Waals surface area (Å²) in [6.07, 6.45) is 0. The lowest BCUT2D eigenvalue weighted by Crippen LogP contribution is -2.03. The summed E-state index contributed by atoms with van der Waals surface area (Å²) < 4.78 is 5.80. The number of aliphatic hydroxyl groups is 1. The van der Waals surface area contributed by atoms with Crippen molar-refractivity contribution in [3.05, 3.63) is 64.7 Å². The topological polar surface area (TPSA) is 55.5 Å². The highest BCUT2D eigenvalue weighted by Gasteiger charge is 2.03. The summed E-state index contributed by atoms with van der Waals surface area (Å²) in [6, 6.07) is 13.7. The Balaban J connectivity index is 2.05. The van der Waals surface area contributed by atoms with E-state index in [4.69, 9.17) is 15.6 Å². The number of aryl methyl sites for hydroxylation is 1. The number of benzene rings is 2. The molecule has 0 aliphatic rings. The van der Waals surface area contributed by atoms with E-state index in [9.17, 15) is 0 Å². The molecule has 3 heteroatoms. The molecule has 0 atom stereocenters. The van der Waals surface area contributed by atoms with Gasteiger partial charge in [-0.3, -0.25) is 0 Å². The smallest absolute Gasteiger partial charge is 0.124 e. The number of ether oxygens (including phenoxy) is 1. The van der Waals surface area contributed by atoms with Gasteiger partial charge < -0.3 is 15.6 Å². The zero-order valence-corrected chi connectivity index (χ0v) is 11.1. The summed E-state index contributed by atoms with van der Waals surface area (Å²) in [6.45, 7) is 3.08. The van der Waals surface area contributed by atoms with Crippen molar-refractivity contribution in [3.63, 3.8) is 0 Å². The first kappa shape index (κ1) is 13.6. The minimum absolute atomic E-state index is 0.0659. The third kappa shape index (κ3) is 3.56. The second kappa shape index (κ2) is 6.36. The maximum Gasteiger partial charge on any atom is 0.124 e. The monoisotopic (exact) mass is 257 g/mol. The number of hydrogen-bond acceptors (Lipinski definition) is 3. The molecule has 3 nitrogen and oxygen atoms in total. The van der Waals surface area contributed by atoms with Crippen LogP contribution in [0.5, 0.6) is 5.75 Å². The van der Waals surface area contributed by atoms with Crippen LogP contribution in [-0.4, -0.2) is 5.11 Å². The lowest BCUT2D eigenvalue weighted by Gasteiger charge is -2.11. The molecule has 0 aliphatic heterocycles. The Bertz CT molecular complexity index is 535. The van der Waals surface area contributed by atoms with Crippen molar-refractivity contribution in [3.8, 4) is 5.75 Å². The molecule has 0 unspecified atom stereocenters. The summed E-state index contributed by atoms with van der Waals surface area (Å²) in [4.78, 5) is 0. The van der Waals surface area contributed by atoms with Crippen LogP contribution in [0.3, 0.4) is 0 Å². The maximum atomic E-state index is 8.99. The summed E-state index contributed by atoms with van der Waals surface area (Å²) in [7, 11) is 0. The minimum Gasteiger partial charge on any atom is -0.489 e.